The number of fused-ring (bicyclic) bond motifs is 11. The van der Waals surface area contributed by atoms with Crippen molar-refractivity contribution in [2.75, 3.05) is 9.80 Å². The van der Waals surface area contributed by atoms with Crippen LogP contribution in [0.25, 0.3) is 53.9 Å². The molecule has 0 radical (unpaired) electrons. The van der Waals surface area contributed by atoms with E-state index in [1.807, 2.05) is 0 Å². The van der Waals surface area contributed by atoms with E-state index in [1.165, 1.54) is 65.0 Å². The van der Waals surface area contributed by atoms with Crippen molar-refractivity contribution in [3.05, 3.63) is 205 Å². The lowest BCUT2D eigenvalue weighted by Gasteiger charge is -2.28. The van der Waals surface area contributed by atoms with Crippen LogP contribution < -0.4 is 9.80 Å². The summed E-state index contributed by atoms with van der Waals surface area (Å²) >= 11 is 0. The molecule has 10 aromatic carbocycles. The van der Waals surface area contributed by atoms with Crippen LogP contribution in [0.5, 0.6) is 0 Å². The fourth-order valence-electron chi connectivity index (χ4n) is 9.16. The number of anilines is 6. The van der Waals surface area contributed by atoms with Crippen LogP contribution in [0.2, 0.25) is 0 Å². The van der Waals surface area contributed by atoms with Gasteiger partial charge in [0.25, 0.3) is 0 Å². The number of rotatable bonds is 6. The Kier molecular flexibility index (Phi) is 8.99. The van der Waals surface area contributed by atoms with E-state index in [2.05, 4.69) is 245 Å². The van der Waals surface area contributed by atoms with Gasteiger partial charge in [0.2, 0.25) is 0 Å². The third-order valence-electron chi connectivity index (χ3n) is 12.3. The van der Waals surface area contributed by atoms with E-state index in [0.29, 0.717) is 0 Å². The first kappa shape index (κ1) is 37.4. The van der Waals surface area contributed by atoms with Crippen molar-refractivity contribution in [2.45, 2.75) is 52.4 Å². The van der Waals surface area contributed by atoms with Crippen molar-refractivity contribution in [3.63, 3.8) is 0 Å². The van der Waals surface area contributed by atoms with Crippen LogP contribution in [0, 0.1) is 0 Å². The zero-order valence-corrected chi connectivity index (χ0v) is 35.4. The van der Waals surface area contributed by atoms with Gasteiger partial charge < -0.3 is 9.80 Å². The van der Waals surface area contributed by atoms with Gasteiger partial charge in [0.15, 0.2) is 0 Å². The third kappa shape index (κ3) is 6.44. The third-order valence-corrected chi connectivity index (χ3v) is 12.3. The summed E-state index contributed by atoms with van der Waals surface area (Å²) in [7, 11) is 0. The lowest BCUT2D eigenvalue weighted by atomic mass is 9.80. The molecule has 0 fully saturated rings. The number of hydrogen-bond donors (Lipinski definition) is 0. The van der Waals surface area contributed by atoms with Crippen molar-refractivity contribution in [1.29, 1.82) is 0 Å². The molecule has 10 rings (SSSR count). The van der Waals surface area contributed by atoms with E-state index in [4.69, 9.17) is 0 Å². The zero-order valence-electron chi connectivity index (χ0n) is 35.4. The van der Waals surface area contributed by atoms with E-state index in [1.54, 1.807) is 0 Å². The fourth-order valence-corrected chi connectivity index (χ4v) is 9.16. The fraction of sp³-hybridized carbons (Fsp3) is 0.138. The monoisotopic (exact) mass is 774 g/mol. The van der Waals surface area contributed by atoms with E-state index < -0.39 is 0 Å². The van der Waals surface area contributed by atoms with Gasteiger partial charge in [0, 0.05) is 34.1 Å². The quantitative estimate of drug-likeness (QED) is 0.155. The van der Waals surface area contributed by atoms with E-state index >= 15 is 0 Å². The molecule has 0 amide bonds. The molecule has 0 atom stereocenters. The minimum absolute atomic E-state index is 0.0204. The van der Waals surface area contributed by atoms with Crippen molar-refractivity contribution >= 4 is 88.0 Å². The molecular weight excluding hydrogens is 725 g/mol. The average molecular weight is 775 g/mol. The molecule has 0 aliphatic heterocycles. The highest BCUT2D eigenvalue weighted by Crippen LogP contribution is 2.49. The van der Waals surface area contributed by atoms with Gasteiger partial charge in [0.05, 0.1) is 0 Å². The van der Waals surface area contributed by atoms with Crippen molar-refractivity contribution in [3.8, 4) is 0 Å². The largest absolute Gasteiger partial charge is 0.310 e. The molecule has 0 unspecified atom stereocenters. The second kappa shape index (κ2) is 14.4. The zero-order chi connectivity index (χ0) is 41.2. The lowest BCUT2D eigenvalue weighted by molar-refractivity contribution is 0.591. The second-order valence-electron chi connectivity index (χ2n) is 18.2. The van der Waals surface area contributed by atoms with Gasteiger partial charge in [-0.25, -0.2) is 0 Å². The molecule has 292 valence electrons. The summed E-state index contributed by atoms with van der Waals surface area (Å²) in [5.41, 5.74) is 9.35. The Bertz CT molecular complexity index is 2900. The molecule has 0 aliphatic carbocycles. The van der Waals surface area contributed by atoms with Gasteiger partial charge in [-0.1, -0.05) is 151 Å². The second-order valence-corrected chi connectivity index (χ2v) is 18.2. The van der Waals surface area contributed by atoms with Crippen molar-refractivity contribution in [1.82, 2.24) is 0 Å². The van der Waals surface area contributed by atoms with Gasteiger partial charge in [-0.15, -0.1) is 0 Å². The van der Waals surface area contributed by atoms with Crippen molar-refractivity contribution in [2.24, 2.45) is 0 Å². The summed E-state index contributed by atoms with van der Waals surface area (Å²) < 4.78 is 0. The van der Waals surface area contributed by atoms with Crippen LogP contribution in [0.3, 0.4) is 0 Å². The lowest BCUT2D eigenvalue weighted by Crippen LogP contribution is -2.11. The molecule has 10 aromatic rings. The summed E-state index contributed by atoms with van der Waals surface area (Å²) in [5, 5.41) is 12.7. The maximum atomic E-state index is 2.49. The van der Waals surface area contributed by atoms with E-state index in [0.717, 1.165) is 34.1 Å². The average Bonchev–Trinajstić information content (AvgIpc) is 3.27. The molecular formula is C58H50N2. The highest BCUT2D eigenvalue weighted by Gasteiger charge is 2.24. The Hall–Kier alpha value is -6.90. The minimum Gasteiger partial charge on any atom is -0.310 e. The molecule has 0 spiro atoms. The highest BCUT2D eigenvalue weighted by atomic mass is 15.1. The highest BCUT2D eigenvalue weighted by molar-refractivity contribution is 6.40. The number of hydrogen-bond acceptors (Lipinski definition) is 2. The van der Waals surface area contributed by atoms with Crippen LogP contribution in [-0.4, -0.2) is 0 Å². The molecule has 0 heterocycles. The summed E-state index contributed by atoms with van der Waals surface area (Å²) in [6, 6.07) is 71.7. The Morgan fingerprint density at radius 2 is 0.517 bits per heavy atom. The molecule has 0 aliphatic rings. The van der Waals surface area contributed by atoms with Crippen LogP contribution in [-0.2, 0) is 10.8 Å². The number of para-hydroxylation sites is 4. The van der Waals surface area contributed by atoms with Crippen LogP contribution in [0.1, 0.15) is 52.7 Å². The maximum absolute atomic E-state index is 2.49. The molecule has 0 N–H and O–H groups in total. The molecule has 0 bridgehead atoms. The first-order valence-corrected chi connectivity index (χ1v) is 21.2. The van der Waals surface area contributed by atoms with Crippen LogP contribution >= 0.6 is 0 Å². The smallest absolute Gasteiger partial charge is 0.0468 e. The van der Waals surface area contributed by atoms with Crippen molar-refractivity contribution < 1.29 is 0 Å². The topological polar surface area (TPSA) is 6.48 Å². The molecule has 0 saturated heterocycles. The number of benzene rings is 10. The Balaban J connectivity index is 1.41. The van der Waals surface area contributed by atoms with Gasteiger partial charge in [0.1, 0.15) is 0 Å². The summed E-state index contributed by atoms with van der Waals surface area (Å²) in [6.45, 7) is 13.9. The molecule has 2 heteroatoms. The minimum atomic E-state index is -0.0204. The first-order valence-electron chi connectivity index (χ1n) is 21.2. The normalized spacial score (nSPS) is 12.2. The van der Waals surface area contributed by atoms with Gasteiger partial charge in [-0.05, 0) is 161 Å². The molecule has 0 aromatic heterocycles. The van der Waals surface area contributed by atoms with Crippen LogP contribution in [0.4, 0.5) is 34.1 Å². The van der Waals surface area contributed by atoms with E-state index in [9.17, 15) is 0 Å². The molecule has 0 saturated carbocycles. The predicted molar refractivity (Wildman–Crippen MR) is 261 cm³/mol. The summed E-state index contributed by atoms with van der Waals surface area (Å²) in [6.07, 6.45) is 0. The summed E-state index contributed by atoms with van der Waals surface area (Å²) in [5.74, 6) is 0. The Morgan fingerprint density at radius 3 is 0.800 bits per heavy atom. The van der Waals surface area contributed by atoms with Crippen LogP contribution in [0.15, 0.2) is 194 Å². The standard InChI is InChI=1S/C58H50N2/c1-57(2,3)39-27-31-47-49-33-29-45(59(41-19-11-7-12-20-41)42-21-13-8-14-22-42)37-53(49)56-54-38-46(60(43-23-15-9-16-24-43)44-25-17-10-18-26-44)30-34-50(54)48-32-28-40(58(4,5)6)36-52(48)55(56)51(47)35-39/h7-38H,1-6H3. The maximum Gasteiger partial charge on any atom is 0.0468 e. The molecule has 2 nitrogen and oxygen atoms in total. The first-order chi connectivity index (χ1) is 29.0. The van der Waals surface area contributed by atoms with Gasteiger partial charge in [-0.3, -0.25) is 0 Å². The predicted octanol–water partition coefficient (Wildman–Crippen LogP) is 17.0. The SMILES string of the molecule is CC(C)(C)c1ccc2c3ccc(N(c4ccccc4)c4ccccc4)cc3c3c4cc(N(c5ccccc5)c5ccccc5)ccc4c4ccc(C(C)(C)C)cc4c3c2c1. The van der Waals surface area contributed by atoms with Gasteiger partial charge in [-0.2, -0.15) is 0 Å². The van der Waals surface area contributed by atoms with E-state index in [-0.39, 0.29) is 10.8 Å². The molecule has 60 heavy (non-hydrogen) atoms. The number of nitrogens with zero attached hydrogens (tertiary/aromatic N) is 2. The van der Waals surface area contributed by atoms with Gasteiger partial charge >= 0.3 is 0 Å². The summed E-state index contributed by atoms with van der Waals surface area (Å²) in [4.78, 5) is 4.77. The Labute approximate surface area is 354 Å². The Morgan fingerprint density at radius 1 is 0.250 bits per heavy atom.